The average Bonchev–Trinajstić information content (AvgIpc) is 2.39. The summed E-state index contributed by atoms with van der Waals surface area (Å²) in [5, 5.41) is 0. The van der Waals surface area contributed by atoms with Crippen molar-refractivity contribution in [2.24, 2.45) is 17.2 Å². The number of nitrogens with zero attached hydrogens (tertiary/aromatic N) is 1. The van der Waals surface area contributed by atoms with Crippen LogP contribution in [0.5, 0.6) is 0 Å². The van der Waals surface area contributed by atoms with Gasteiger partial charge in [-0.05, 0) is 5.56 Å². The molecule has 0 aromatic heterocycles. The lowest BCUT2D eigenvalue weighted by Gasteiger charge is -2.24. The highest BCUT2D eigenvalue weighted by molar-refractivity contribution is 5.91. The standard InChI is InChI=1S/C13H18N4O3/c14-6-10(9-4-2-1-3-5-9)13(20)17(7-11(15)18)8-12(16)19/h1-5,10H,6-8,14H2,(H2,15,18)(H2,16,19). The SMILES string of the molecule is NCC(C(=O)N(CC(N)=O)CC(N)=O)c1ccccc1. The molecule has 6 N–H and O–H groups in total. The molecule has 0 aliphatic carbocycles. The minimum Gasteiger partial charge on any atom is -0.368 e. The molecule has 108 valence electrons. The van der Waals surface area contributed by atoms with Crippen molar-refractivity contribution in [1.82, 2.24) is 4.90 Å². The lowest BCUT2D eigenvalue weighted by Crippen LogP contribution is -2.46. The Bertz CT molecular complexity index is 474. The molecular formula is C13H18N4O3. The smallest absolute Gasteiger partial charge is 0.237 e. The molecule has 0 aliphatic rings. The molecule has 1 unspecified atom stereocenters. The van der Waals surface area contributed by atoms with Crippen molar-refractivity contribution in [1.29, 1.82) is 0 Å². The van der Waals surface area contributed by atoms with Crippen LogP contribution in [0.15, 0.2) is 30.3 Å². The maximum atomic E-state index is 12.4. The number of benzene rings is 1. The Morgan fingerprint density at radius 2 is 1.50 bits per heavy atom. The van der Waals surface area contributed by atoms with Gasteiger partial charge in [0.15, 0.2) is 0 Å². The molecule has 1 rings (SSSR count). The van der Waals surface area contributed by atoms with E-state index in [0.717, 1.165) is 4.90 Å². The van der Waals surface area contributed by atoms with E-state index in [4.69, 9.17) is 17.2 Å². The monoisotopic (exact) mass is 278 g/mol. The third-order valence-corrected chi connectivity index (χ3v) is 2.74. The number of rotatable bonds is 7. The zero-order valence-corrected chi connectivity index (χ0v) is 11.0. The first-order valence-corrected chi connectivity index (χ1v) is 6.06. The van der Waals surface area contributed by atoms with E-state index in [1.54, 1.807) is 24.3 Å². The van der Waals surface area contributed by atoms with Gasteiger partial charge in [0.05, 0.1) is 19.0 Å². The second kappa shape index (κ2) is 7.25. The van der Waals surface area contributed by atoms with E-state index >= 15 is 0 Å². The number of carbonyl (C=O) groups excluding carboxylic acids is 3. The summed E-state index contributed by atoms with van der Waals surface area (Å²) in [6.45, 7) is -0.687. The van der Waals surface area contributed by atoms with Crippen molar-refractivity contribution >= 4 is 17.7 Å². The molecule has 1 aromatic carbocycles. The van der Waals surface area contributed by atoms with Crippen LogP contribution in [-0.4, -0.2) is 42.3 Å². The summed E-state index contributed by atoms with van der Waals surface area (Å²) in [5.41, 5.74) is 16.5. The molecule has 0 fully saturated rings. The van der Waals surface area contributed by atoms with Crippen molar-refractivity contribution in [2.75, 3.05) is 19.6 Å². The Balaban J connectivity index is 2.96. The van der Waals surface area contributed by atoms with E-state index in [2.05, 4.69) is 0 Å². The van der Waals surface area contributed by atoms with Gasteiger partial charge in [-0.2, -0.15) is 0 Å². The van der Waals surface area contributed by atoms with E-state index < -0.39 is 23.6 Å². The second-order valence-electron chi connectivity index (χ2n) is 4.33. The largest absolute Gasteiger partial charge is 0.368 e. The number of nitrogens with two attached hydrogens (primary N) is 3. The normalized spacial score (nSPS) is 11.7. The number of primary amides is 2. The highest BCUT2D eigenvalue weighted by Crippen LogP contribution is 2.17. The quantitative estimate of drug-likeness (QED) is 0.561. The van der Waals surface area contributed by atoms with Crippen LogP contribution in [0, 0.1) is 0 Å². The zero-order chi connectivity index (χ0) is 15.1. The highest BCUT2D eigenvalue weighted by Gasteiger charge is 2.26. The van der Waals surface area contributed by atoms with Crippen LogP contribution in [0.3, 0.4) is 0 Å². The third-order valence-electron chi connectivity index (χ3n) is 2.74. The van der Waals surface area contributed by atoms with Gasteiger partial charge in [0.2, 0.25) is 17.7 Å². The van der Waals surface area contributed by atoms with Gasteiger partial charge in [0.25, 0.3) is 0 Å². The van der Waals surface area contributed by atoms with Crippen LogP contribution in [-0.2, 0) is 14.4 Å². The molecular weight excluding hydrogens is 260 g/mol. The van der Waals surface area contributed by atoms with Gasteiger partial charge in [0.1, 0.15) is 0 Å². The first-order chi connectivity index (χ1) is 9.45. The number of carbonyl (C=O) groups is 3. The fourth-order valence-electron chi connectivity index (χ4n) is 1.87. The molecule has 20 heavy (non-hydrogen) atoms. The Morgan fingerprint density at radius 1 is 1.00 bits per heavy atom. The van der Waals surface area contributed by atoms with Crippen LogP contribution < -0.4 is 17.2 Å². The molecule has 7 nitrogen and oxygen atoms in total. The van der Waals surface area contributed by atoms with Gasteiger partial charge in [-0.3, -0.25) is 14.4 Å². The molecule has 0 heterocycles. The van der Waals surface area contributed by atoms with Crippen LogP contribution in [0.2, 0.25) is 0 Å². The van der Waals surface area contributed by atoms with Crippen LogP contribution in [0.25, 0.3) is 0 Å². The molecule has 0 aliphatic heterocycles. The van der Waals surface area contributed by atoms with E-state index in [1.165, 1.54) is 0 Å². The first kappa shape index (κ1) is 15.6. The lowest BCUT2D eigenvalue weighted by molar-refractivity contribution is -0.139. The average molecular weight is 278 g/mol. The molecule has 1 aromatic rings. The molecule has 0 saturated heterocycles. The number of hydrogen-bond acceptors (Lipinski definition) is 4. The second-order valence-corrected chi connectivity index (χ2v) is 4.33. The van der Waals surface area contributed by atoms with Crippen molar-refractivity contribution in [3.8, 4) is 0 Å². The highest BCUT2D eigenvalue weighted by atomic mass is 16.2. The maximum Gasteiger partial charge on any atom is 0.237 e. The summed E-state index contributed by atoms with van der Waals surface area (Å²) in [6, 6.07) is 8.87. The van der Waals surface area contributed by atoms with E-state index in [1.807, 2.05) is 6.07 Å². The zero-order valence-electron chi connectivity index (χ0n) is 11.0. The molecule has 0 saturated carbocycles. The minimum absolute atomic E-state index is 0.0525. The van der Waals surface area contributed by atoms with Gasteiger partial charge in [-0.15, -0.1) is 0 Å². The van der Waals surface area contributed by atoms with Gasteiger partial charge < -0.3 is 22.1 Å². The lowest BCUT2D eigenvalue weighted by atomic mass is 9.97. The number of amides is 3. The number of hydrogen-bond donors (Lipinski definition) is 3. The Morgan fingerprint density at radius 3 is 1.90 bits per heavy atom. The summed E-state index contributed by atoms with van der Waals surface area (Å²) in [5.74, 6) is -2.53. The fourth-order valence-corrected chi connectivity index (χ4v) is 1.87. The predicted molar refractivity (Wildman–Crippen MR) is 73.2 cm³/mol. The van der Waals surface area contributed by atoms with Crippen molar-refractivity contribution in [2.45, 2.75) is 5.92 Å². The molecule has 7 heteroatoms. The summed E-state index contributed by atoms with van der Waals surface area (Å²) in [6.07, 6.45) is 0. The van der Waals surface area contributed by atoms with Crippen LogP contribution >= 0.6 is 0 Å². The topological polar surface area (TPSA) is 133 Å². The minimum atomic E-state index is -0.719. The molecule has 0 spiro atoms. The Labute approximate surface area is 116 Å². The fraction of sp³-hybridized carbons (Fsp3) is 0.308. The van der Waals surface area contributed by atoms with E-state index in [9.17, 15) is 14.4 Å². The first-order valence-electron chi connectivity index (χ1n) is 6.06. The summed E-state index contributed by atoms with van der Waals surface area (Å²) in [4.78, 5) is 35.4. The Kier molecular flexibility index (Phi) is 5.67. The van der Waals surface area contributed by atoms with Crippen LogP contribution in [0.4, 0.5) is 0 Å². The van der Waals surface area contributed by atoms with E-state index in [-0.39, 0.29) is 19.6 Å². The van der Waals surface area contributed by atoms with Gasteiger partial charge in [0, 0.05) is 6.54 Å². The third kappa shape index (κ3) is 4.36. The van der Waals surface area contributed by atoms with E-state index in [0.29, 0.717) is 5.56 Å². The molecule has 3 amide bonds. The Hall–Kier alpha value is -2.41. The van der Waals surface area contributed by atoms with Crippen molar-refractivity contribution in [3.63, 3.8) is 0 Å². The molecule has 0 bridgehead atoms. The van der Waals surface area contributed by atoms with Crippen molar-refractivity contribution < 1.29 is 14.4 Å². The van der Waals surface area contributed by atoms with Crippen LogP contribution in [0.1, 0.15) is 11.5 Å². The van der Waals surface area contributed by atoms with Gasteiger partial charge in [-0.1, -0.05) is 30.3 Å². The van der Waals surface area contributed by atoms with Gasteiger partial charge in [-0.25, -0.2) is 0 Å². The summed E-state index contributed by atoms with van der Waals surface area (Å²) < 4.78 is 0. The predicted octanol–water partition coefficient (Wildman–Crippen LogP) is -1.47. The maximum absolute atomic E-state index is 12.4. The molecule has 0 radical (unpaired) electrons. The van der Waals surface area contributed by atoms with Crippen molar-refractivity contribution in [3.05, 3.63) is 35.9 Å². The van der Waals surface area contributed by atoms with Gasteiger partial charge >= 0.3 is 0 Å². The summed E-state index contributed by atoms with van der Waals surface area (Å²) in [7, 11) is 0. The molecule has 1 atom stereocenters. The summed E-state index contributed by atoms with van der Waals surface area (Å²) >= 11 is 0.